The number of carboxylic acids is 1. The average Bonchev–Trinajstić information content (AvgIpc) is 2.97. The van der Waals surface area contributed by atoms with E-state index in [9.17, 15) is 14.0 Å². The fourth-order valence-electron chi connectivity index (χ4n) is 4.11. The van der Waals surface area contributed by atoms with Gasteiger partial charge in [0.05, 0.1) is 30.3 Å². The molecule has 0 atom stereocenters. The number of aryl methyl sites for hydroxylation is 1. The molecule has 3 rings (SSSR count). The van der Waals surface area contributed by atoms with Crippen LogP contribution in [-0.2, 0) is 11.2 Å². The Bertz CT molecular complexity index is 1430. The molecule has 0 spiro atoms. The third kappa shape index (κ3) is 8.56. The van der Waals surface area contributed by atoms with E-state index in [4.69, 9.17) is 10.1 Å². The van der Waals surface area contributed by atoms with Crippen molar-refractivity contribution in [1.82, 2.24) is 14.6 Å². The van der Waals surface area contributed by atoms with Crippen LogP contribution >= 0.6 is 0 Å². The number of carboxylic acid groups (broad SMARTS) is 1. The summed E-state index contributed by atoms with van der Waals surface area (Å²) < 4.78 is 14.1. The van der Waals surface area contributed by atoms with Crippen LogP contribution in [0.4, 0.5) is 4.39 Å². The van der Waals surface area contributed by atoms with Gasteiger partial charge in [-0.25, -0.2) is 14.4 Å². The first-order valence-electron chi connectivity index (χ1n) is 13.4. The molecule has 2 heterocycles. The molecule has 1 aromatic carbocycles. The second kappa shape index (κ2) is 16.5. The number of carbonyl (C=O) groups is 1. The summed E-state index contributed by atoms with van der Waals surface area (Å²) in [4.78, 5) is 29.3. The molecule has 1 N–H and O–H groups in total. The lowest BCUT2D eigenvalue weighted by Crippen LogP contribution is -2.24. The van der Waals surface area contributed by atoms with Crippen molar-refractivity contribution in [3.63, 3.8) is 0 Å². The van der Waals surface area contributed by atoms with Gasteiger partial charge in [0.15, 0.2) is 0 Å². The Balaban J connectivity index is 0.00000274. The maximum Gasteiger partial charge on any atom is 0.303 e. The van der Waals surface area contributed by atoms with E-state index in [0.717, 1.165) is 16.7 Å². The Labute approximate surface area is 234 Å². The average molecular weight is 548 g/mol. The minimum absolute atomic E-state index is 0.0267. The zero-order valence-corrected chi connectivity index (χ0v) is 23.7. The number of hydrogen-bond acceptors (Lipinski definition) is 6. The number of allylic oxidation sites excluding steroid dienone is 6. The van der Waals surface area contributed by atoms with Crippen LogP contribution in [0.1, 0.15) is 58.3 Å². The molecule has 0 saturated heterocycles. The van der Waals surface area contributed by atoms with Crippen LogP contribution in [0.15, 0.2) is 94.5 Å². The van der Waals surface area contributed by atoms with E-state index >= 15 is 0 Å². The van der Waals surface area contributed by atoms with E-state index in [1.807, 2.05) is 64.3 Å². The maximum absolute atomic E-state index is 13.6. The quantitative estimate of drug-likeness (QED) is 0.222. The van der Waals surface area contributed by atoms with Crippen LogP contribution in [-0.4, -0.2) is 38.7 Å². The fraction of sp³-hybridized carbons (Fsp3) is 0.323. The molecule has 0 amide bonds. The highest BCUT2D eigenvalue weighted by atomic mass is 19.1. The summed E-state index contributed by atoms with van der Waals surface area (Å²) in [5, 5.41) is 19.6. The second-order valence-electron chi connectivity index (χ2n) is 8.62. The Morgan fingerprint density at radius 3 is 2.65 bits per heavy atom. The zero-order valence-electron chi connectivity index (χ0n) is 23.7. The molecule has 0 fully saturated rings. The first kappa shape index (κ1) is 31.8. The molecule has 2 aromatic rings. The smallest absolute Gasteiger partial charge is 0.303 e. The standard InChI is InChI=1S/C29H32FN5O3.C2H6/c1-4-10-21(5-2)19-34-20-23(18-31-33-34)22-14-15-25-26(17-22)32-27(12-7-8-13-28(36)37)35(29(25)38)24(6-3)11-9-16-30;1-2/h4-6,9-11,14-17,20H,3,7-8,12-13,18-19H2,1-2H3,(H,36,37);1-2H3/b10-4-,16-9+,21-5+,24-11+;. The lowest BCUT2D eigenvalue weighted by Gasteiger charge is -2.20. The molecule has 0 aliphatic carbocycles. The van der Waals surface area contributed by atoms with Crippen molar-refractivity contribution in [3.8, 4) is 0 Å². The minimum Gasteiger partial charge on any atom is -0.481 e. The van der Waals surface area contributed by atoms with Gasteiger partial charge in [0.2, 0.25) is 0 Å². The summed E-state index contributed by atoms with van der Waals surface area (Å²) in [5.41, 5.74) is 3.49. The van der Waals surface area contributed by atoms with Gasteiger partial charge >= 0.3 is 5.97 Å². The Kier molecular flexibility index (Phi) is 13.2. The van der Waals surface area contributed by atoms with Crippen LogP contribution in [0.3, 0.4) is 0 Å². The van der Waals surface area contributed by atoms with E-state index in [-0.39, 0.29) is 12.0 Å². The van der Waals surface area contributed by atoms with Crippen LogP contribution < -0.4 is 5.56 Å². The number of unbranched alkanes of at least 4 members (excludes halogenated alkanes) is 1. The highest BCUT2D eigenvalue weighted by Gasteiger charge is 2.16. The van der Waals surface area contributed by atoms with Crippen LogP contribution in [0.2, 0.25) is 0 Å². The van der Waals surface area contributed by atoms with Crippen molar-refractivity contribution in [2.45, 2.75) is 53.4 Å². The van der Waals surface area contributed by atoms with Crippen molar-refractivity contribution >= 4 is 28.1 Å². The van der Waals surface area contributed by atoms with E-state index < -0.39 is 5.97 Å². The van der Waals surface area contributed by atoms with E-state index in [0.29, 0.717) is 61.1 Å². The molecular weight excluding hydrogens is 509 g/mol. The van der Waals surface area contributed by atoms with Crippen LogP contribution in [0.5, 0.6) is 0 Å². The van der Waals surface area contributed by atoms with Crippen LogP contribution in [0, 0.1) is 0 Å². The van der Waals surface area contributed by atoms with Gasteiger partial charge in [0, 0.05) is 30.3 Å². The Morgan fingerprint density at radius 1 is 1.23 bits per heavy atom. The molecule has 0 saturated carbocycles. The van der Waals surface area contributed by atoms with Gasteiger partial charge in [-0.2, -0.15) is 5.11 Å². The Morgan fingerprint density at radius 2 is 2.00 bits per heavy atom. The van der Waals surface area contributed by atoms with Crippen molar-refractivity contribution < 1.29 is 14.3 Å². The summed E-state index contributed by atoms with van der Waals surface area (Å²) >= 11 is 0. The predicted octanol–water partition coefficient (Wildman–Crippen LogP) is 7.28. The lowest BCUT2D eigenvalue weighted by atomic mass is 10.0. The first-order valence-corrected chi connectivity index (χ1v) is 13.4. The third-order valence-corrected chi connectivity index (χ3v) is 5.98. The largest absolute Gasteiger partial charge is 0.481 e. The summed E-state index contributed by atoms with van der Waals surface area (Å²) in [6, 6.07) is 5.44. The van der Waals surface area contributed by atoms with Gasteiger partial charge < -0.3 is 5.11 Å². The van der Waals surface area contributed by atoms with Crippen molar-refractivity contribution in [2.24, 2.45) is 10.3 Å². The van der Waals surface area contributed by atoms with Gasteiger partial charge in [-0.1, -0.05) is 49.9 Å². The highest BCUT2D eigenvalue weighted by molar-refractivity contribution is 5.84. The minimum atomic E-state index is -0.877. The number of aromatic nitrogens is 2. The molecule has 9 heteroatoms. The first-order chi connectivity index (χ1) is 19.4. The van der Waals surface area contributed by atoms with Gasteiger partial charge in [0.25, 0.3) is 5.56 Å². The van der Waals surface area contributed by atoms with Gasteiger partial charge in [-0.05, 0) is 68.2 Å². The fourth-order valence-corrected chi connectivity index (χ4v) is 4.11. The molecular formula is C31H38FN5O3. The molecule has 8 nitrogen and oxygen atoms in total. The van der Waals surface area contributed by atoms with E-state index in [1.54, 1.807) is 11.1 Å². The van der Waals surface area contributed by atoms with E-state index in [1.165, 1.54) is 22.8 Å². The number of benzene rings is 1. The number of fused-ring (bicyclic) bond motifs is 1. The summed E-state index contributed by atoms with van der Waals surface area (Å²) in [7, 11) is 0. The molecule has 212 valence electrons. The summed E-state index contributed by atoms with van der Waals surface area (Å²) in [6.45, 7) is 12.7. The van der Waals surface area contributed by atoms with Crippen molar-refractivity contribution in [2.75, 3.05) is 13.1 Å². The van der Waals surface area contributed by atoms with E-state index in [2.05, 4.69) is 16.9 Å². The normalized spacial score (nSPS) is 14.0. The number of halogens is 1. The van der Waals surface area contributed by atoms with Gasteiger partial charge in [-0.15, -0.1) is 0 Å². The van der Waals surface area contributed by atoms with Crippen molar-refractivity contribution in [3.05, 3.63) is 101 Å². The zero-order chi connectivity index (χ0) is 29.5. The number of rotatable bonds is 12. The number of hydrogen-bond donors (Lipinski definition) is 1. The van der Waals surface area contributed by atoms with Crippen LogP contribution in [0.25, 0.3) is 22.2 Å². The van der Waals surface area contributed by atoms with Gasteiger partial charge in [0.1, 0.15) is 5.82 Å². The third-order valence-electron chi connectivity index (χ3n) is 5.98. The Hall–Kier alpha value is -4.40. The molecule has 0 bridgehead atoms. The number of aliphatic carboxylic acids is 1. The summed E-state index contributed by atoms with van der Waals surface area (Å²) in [6.07, 6.45) is 13.8. The molecule has 40 heavy (non-hydrogen) atoms. The number of nitrogens with zero attached hydrogens (tertiary/aromatic N) is 5. The summed E-state index contributed by atoms with van der Waals surface area (Å²) in [5.74, 6) is -0.427. The topological polar surface area (TPSA) is 100 Å². The lowest BCUT2D eigenvalue weighted by molar-refractivity contribution is -0.137. The van der Waals surface area contributed by atoms with Crippen molar-refractivity contribution in [1.29, 1.82) is 0 Å². The molecule has 1 aliphatic heterocycles. The molecule has 0 unspecified atom stereocenters. The predicted molar refractivity (Wildman–Crippen MR) is 160 cm³/mol. The molecule has 0 radical (unpaired) electrons. The second-order valence-corrected chi connectivity index (χ2v) is 8.62. The SMILES string of the molecule is C=C/C(=C\C=C\F)n1c(CCCCC(=O)O)nc2cc(C3=CN(CC(/C=C\C)=C/C)N=NC3)ccc2c1=O.CC. The van der Waals surface area contributed by atoms with Gasteiger partial charge in [-0.3, -0.25) is 14.2 Å². The monoisotopic (exact) mass is 547 g/mol. The molecule has 1 aromatic heterocycles. The maximum atomic E-state index is 13.6. The highest BCUT2D eigenvalue weighted by Crippen LogP contribution is 2.24. The molecule has 1 aliphatic rings.